The van der Waals surface area contributed by atoms with E-state index in [9.17, 15) is 5.26 Å². The van der Waals surface area contributed by atoms with E-state index in [4.69, 9.17) is 4.74 Å². The summed E-state index contributed by atoms with van der Waals surface area (Å²) in [5.74, 6) is 0.814. The summed E-state index contributed by atoms with van der Waals surface area (Å²) in [4.78, 5) is 0. The fourth-order valence-corrected chi connectivity index (χ4v) is 2.18. The molecule has 108 valence electrons. The van der Waals surface area contributed by atoms with Gasteiger partial charge in [0.25, 0.3) is 0 Å². The molecule has 1 unspecified atom stereocenters. The van der Waals surface area contributed by atoms with Crippen LogP contribution in [0.25, 0.3) is 0 Å². The zero-order valence-electron chi connectivity index (χ0n) is 12.0. The maximum Gasteiger partial charge on any atom is 0.140 e. The van der Waals surface area contributed by atoms with Crippen LogP contribution in [0.3, 0.4) is 0 Å². The molecule has 0 aliphatic carbocycles. The van der Waals surface area contributed by atoms with Crippen LogP contribution in [0.5, 0.6) is 5.75 Å². The summed E-state index contributed by atoms with van der Waals surface area (Å²) in [6.45, 7) is 3.97. The molecule has 1 atom stereocenters. The zero-order valence-corrected chi connectivity index (χ0v) is 13.6. The number of nitrogens with zero attached hydrogens (tertiary/aromatic N) is 1. The molecule has 2 rings (SSSR count). The maximum absolute atomic E-state index is 9.36. The van der Waals surface area contributed by atoms with Crippen molar-refractivity contribution in [2.24, 2.45) is 0 Å². The van der Waals surface area contributed by atoms with Crippen LogP contribution >= 0.6 is 15.9 Å². The van der Waals surface area contributed by atoms with Crippen molar-refractivity contribution >= 4 is 21.6 Å². The third-order valence-electron chi connectivity index (χ3n) is 2.87. The lowest BCUT2D eigenvalue weighted by Crippen LogP contribution is -2.09. The van der Waals surface area contributed by atoms with Crippen molar-refractivity contribution in [2.75, 3.05) is 5.32 Å². The van der Waals surface area contributed by atoms with Crippen LogP contribution in [-0.4, -0.2) is 6.10 Å². The van der Waals surface area contributed by atoms with Gasteiger partial charge >= 0.3 is 0 Å². The summed E-state index contributed by atoms with van der Waals surface area (Å²) in [5, 5.41) is 12.6. The van der Waals surface area contributed by atoms with Gasteiger partial charge in [-0.3, -0.25) is 0 Å². The Morgan fingerprint density at radius 1 is 1.05 bits per heavy atom. The monoisotopic (exact) mass is 344 g/mol. The summed E-state index contributed by atoms with van der Waals surface area (Å²) < 4.78 is 6.62. The van der Waals surface area contributed by atoms with E-state index in [0.29, 0.717) is 0 Å². The van der Waals surface area contributed by atoms with E-state index in [1.807, 2.05) is 62.4 Å². The van der Waals surface area contributed by atoms with E-state index in [1.54, 1.807) is 0 Å². The average Bonchev–Trinajstić information content (AvgIpc) is 2.47. The first-order valence-electron chi connectivity index (χ1n) is 6.77. The Labute approximate surface area is 133 Å². The van der Waals surface area contributed by atoms with Gasteiger partial charge in [0.1, 0.15) is 11.8 Å². The molecule has 0 radical (unpaired) electrons. The fourth-order valence-electron chi connectivity index (χ4n) is 1.91. The number of hydrogen-bond acceptors (Lipinski definition) is 3. The van der Waals surface area contributed by atoms with Crippen molar-refractivity contribution in [3.63, 3.8) is 0 Å². The molecule has 0 saturated carbocycles. The molecule has 1 N–H and O–H groups in total. The minimum Gasteiger partial charge on any atom is -0.491 e. The zero-order chi connectivity index (χ0) is 15.2. The van der Waals surface area contributed by atoms with E-state index in [1.165, 1.54) is 0 Å². The Kier molecular flexibility index (Phi) is 5.24. The van der Waals surface area contributed by atoms with Gasteiger partial charge in [0.2, 0.25) is 0 Å². The molecule has 0 saturated heterocycles. The highest BCUT2D eigenvalue weighted by molar-refractivity contribution is 9.10. The Bertz CT molecular complexity index is 615. The molecule has 0 aliphatic rings. The van der Waals surface area contributed by atoms with Crippen molar-refractivity contribution in [2.45, 2.75) is 26.0 Å². The molecule has 0 amide bonds. The lowest BCUT2D eigenvalue weighted by Gasteiger charge is -2.15. The Morgan fingerprint density at radius 2 is 1.67 bits per heavy atom. The van der Waals surface area contributed by atoms with Crippen LogP contribution in [0.4, 0.5) is 5.69 Å². The lowest BCUT2D eigenvalue weighted by molar-refractivity contribution is 0.242. The van der Waals surface area contributed by atoms with Crippen molar-refractivity contribution < 1.29 is 4.74 Å². The summed E-state index contributed by atoms with van der Waals surface area (Å²) in [6.07, 6.45) is 0.142. The van der Waals surface area contributed by atoms with Gasteiger partial charge in [-0.1, -0.05) is 28.1 Å². The van der Waals surface area contributed by atoms with Crippen LogP contribution in [0, 0.1) is 11.3 Å². The highest BCUT2D eigenvalue weighted by Crippen LogP contribution is 2.23. The van der Waals surface area contributed by atoms with Crippen molar-refractivity contribution in [3.05, 3.63) is 58.6 Å². The minimum atomic E-state index is -0.390. The van der Waals surface area contributed by atoms with Gasteiger partial charge in [0.05, 0.1) is 12.2 Å². The number of hydrogen-bond donors (Lipinski definition) is 1. The second kappa shape index (κ2) is 7.14. The van der Waals surface area contributed by atoms with Crippen LogP contribution < -0.4 is 10.1 Å². The van der Waals surface area contributed by atoms with Crippen LogP contribution in [0.2, 0.25) is 0 Å². The topological polar surface area (TPSA) is 45.0 Å². The van der Waals surface area contributed by atoms with Gasteiger partial charge < -0.3 is 10.1 Å². The molecule has 0 spiro atoms. The normalized spacial score (nSPS) is 11.8. The van der Waals surface area contributed by atoms with E-state index < -0.39 is 0 Å². The molecule has 21 heavy (non-hydrogen) atoms. The molecule has 2 aromatic carbocycles. The smallest absolute Gasteiger partial charge is 0.140 e. The van der Waals surface area contributed by atoms with Crippen LogP contribution in [0.15, 0.2) is 53.0 Å². The third-order valence-corrected chi connectivity index (χ3v) is 3.40. The van der Waals surface area contributed by atoms with Crippen molar-refractivity contribution in [3.8, 4) is 11.8 Å². The standard InChI is InChI=1S/C17H17BrN2O/c1-12(2)21-16-9-3-13(4-10-16)17(11-19)20-15-7-5-14(18)6-8-15/h3-10,12,17,20H,1-2H3. The van der Waals surface area contributed by atoms with Gasteiger partial charge in [0.15, 0.2) is 0 Å². The molecule has 0 heterocycles. The Hall–Kier alpha value is -1.99. The number of anilines is 1. The molecule has 2 aromatic rings. The van der Waals surface area contributed by atoms with Gasteiger partial charge in [-0.25, -0.2) is 0 Å². The quantitative estimate of drug-likeness (QED) is 0.837. The summed E-state index contributed by atoms with van der Waals surface area (Å²) in [7, 11) is 0. The highest BCUT2D eigenvalue weighted by atomic mass is 79.9. The number of nitrogens with one attached hydrogen (secondary N) is 1. The fraction of sp³-hybridized carbons (Fsp3) is 0.235. The van der Waals surface area contributed by atoms with Crippen molar-refractivity contribution in [1.29, 1.82) is 5.26 Å². The van der Waals surface area contributed by atoms with Gasteiger partial charge in [-0.2, -0.15) is 5.26 Å². The lowest BCUT2D eigenvalue weighted by atomic mass is 10.1. The molecular weight excluding hydrogens is 328 g/mol. The van der Waals surface area contributed by atoms with Crippen LogP contribution in [-0.2, 0) is 0 Å². The molecule has 3 nitrogen and oxygen atoms in total. The summed E-state index contributed by atoms with van der Waals surface area (Å²) in [6, 6.07) is 17.3. The molecule has 0 aromatic heterocycles. The predicted octanol–water partition coefficient (Wildman–Crippen LogP) is 4.91. The Balaban J connectivity index is 2.10. The summed E-state index contributed by atoms with van der Waals surface area (Å²) in [5.41, 5.74) is 1.82. The largest absolute Gasteiger partial charge is 0.491 e. The number of rotatable bonds is 5. The van der Waals surface area contributed by atoms with E-state index in [0.717, 1.165) is 21.5 Å². The first-order valence-corrected chi connectivity index (χ1v) is 7.56. The average molecular weight is 345 g/mol. The minimum absolute atomic E-state index is 0.142. The molecule has 0 fully saturated rings. The second-order valence-corrected chi connectivity index (χ2v) is 5.86. The van der Waals surface area contributed by atoms with Gasteiger partial charge in [0, 0.05) is 10.2 Å². The molecule has 4 heteroatoms. The number of benzene rings is 2. The number of halogens is 1. The molecular formula is C17H17BrN2O. The first-order chi connectivity index (χ1) is 10.1. The maximum atomic E-state index is 9.36. The highest BCUT2D eigenvalue weighted by Gasteiger charge is 2.10. The number of ether oxygens (including phenoxy) is 1. The number of nitriles is 1. The Morgan fingerprint density at radius 3 is 2.19 bits per heavy atom. The first kappa shape index (κ1) is 15.4. The van der Waals surface area contributed by atoms with Gasteiger partial charge in [-0.05, 0) is 55.8 Å². The second-order valence-electron chi connectivity index (χ2n) is 4.95. The molecule has 0 aliphatic heterocycles. The third kappa shape index (κ3) is 4.51. The van der Waals surface area contributed by atoms with Gasteiger partial charge in [-0.15, -0.1) is 0 Å². The SMILES string of the molecule is CC(C)Oc1ccc(C(C#N)Nc2ccc(Br)cc2)cc1. The summed E-state index contributed by atoms with van der Waals surface area (Å²) >= 11 is 3.39. The van der Waals surface area contributed by atoms with E-state index >= 15 is 0 Å². The van der Waals surface area contributed by atoms with E-state index in [2.05, 4.69) is 27.3 Å². The molecule has 0 bridgehead atoms. The van der Waals surface area contributed by atoms with E-state index in [-0.39, 0.29) is 12.1 Å². The van der Waals surface area contributed by atoms with Crippen molar-refractivity contribution in [1.82, 2.24) is 0 Å². The predicted molar refractivity (Wildman–Crippen MR) is 88.3 cm³/mol. The van der Waals surface area contributed by atoms with Crippen LogP contribution in [0.1, 0.15) is 25.5 Å².